The van der Waals surface area contributed by atoms with Gasteiger partial charge in [0.1, 0.15) is 11.6 Å². The van der Waals surface area contributed by atoms with E-state index in [4.69, 9.17) is 16.3 Å². The molecule has 0 amide bonds. The highest BCUT2D eigenvalue weighted by atomic mass is 35.5. The largest absolute Gasteiger partial charge is 0.475 e. The molecule has 0 atom stereocenters. The molecule has 0 unspecified atom stereocenters. The Kier molecular flexibility index (Phi) is 6.07. The maximum absolute atomic E-state index is 6.21. The third kappa shape index (κ3) is 4.93. The lowest BCUT2D eigenvalue weighted by Gasteiger charge is -2.18. The molecule has 1 aromatic heterocycles. The van der Waals surface area contributed by atoms with Crippen molar-refractivity contribution in [2.45, 2.75) is 39.3 Å². The number of likely N-dealkylation sites (N-methyl/N-ethyl adjacent to an activating group) is 1. The van der Waals surface area contributed by atoms with Gasteiger partial charge in [0.25, 0.3) is 0 Å². The van der Waals surface area contributed by atoms with Gasteiger partial charge >= 0.3 is 0 Å². The fraction of sp³-hybridized carbons (Fsp3) is 0.667. The minimum atomic E-state index is 0.536. The highest BCUT2D eigenvalue weighted by Crippen LogP contribution is 2.23. The zero-order valence-corrected chi connectivity index (χ0v) is 13.1. The number of ether oxygens (including phenoxy) is 1. The van der Waals surface area contributed by atoms with E-state index < -0.39 is 0 Å². The summed E-state index contributed by atoms with van der Waals surface area (Å²) in [5, 5.41) is 4.04. The van der Waals surface area contributed by atoms with Crippen LogP contribution in [0, 0.1) is 0 Å². The minimum absolute atomic E-state index is 0.536. The van der Waals surface area contributed by atoms with Crippen molar-refractivity contribution in [3.63, 3.8) is 0 Å². The maximum Gasteiger partial charge on any atom is 0.232 e. The monoisotopic (exact) mass is 297 g/mol. The molecule has 0 radical (unpaired) electrons. The first-order valence-corrected chi connectivity index (χ1v) is 7.83. The molecule has 1 heterocycles. The highest BCUT2D eigenvalue weighted by molar-refractivity contribution is 6.31. The predicted molar refractivity (Wildman–Crippen MR) is 82.4 cm³/mol. The van der Waals surface area contributed by atoms with Gasteiger partial charge in [-0.2, -0.15) is 0 Å². The first-order chi connectivity index (χ1) is 9.72. The summed E-state index contributed by atoms with van der Waals surface area (Å²) in [6, 6.07) is 2.63. The van der Waals surface area contributed by atoms with Crippen molar-refractivity contribution in [1.82, 2.24) is 15.2 Å². The molecule has 1 aliphatic rings. The first kappa shape index (κ1) is 15.5. The quantitative estimate of drug-likeness (QED) is 0.760. The number of nitrogens with one attached hydrogen (secondary N) is 1. The van der Waals surface area contributed by atoms with Gasteiger partial charge in [0.05, 0.1) is 0 Å². The van der Waals surface area contributed by atoms with Gasteiger partial charge in [-0.05, 0) is 37.6 Å². The van der Waals surface area contributed by atoms with Gasteiger partial charge < -0.3 is 15.0 Å². The summed E-state index contributed by atoms with van der Waals surface area (Å²) in [4.78, 5) is 6.62. The smallest absolute Gasteiger partial charge is 0.232 e. The van der Waals surface area contributed by atoms with Crippen molar-refractivity contribution < 1.29 is 4.74 Å². The molecule has 5 heteroatoms. The summed E-state index contributed by atoms with van der Waals surface area (Å²) in [6.07, 6.45) is 4.41. The Morgan fingerprint density at radius 2 is 2.15 bits per heavy atom. The molecule has 1 saturated carbocycles. The molecule has 1 fully saturated rings. The Balaban J connectivity index is 1.79. The standard InChI is InChI=1S/C15H24ClN3O/c1-3-19(4-2)7-8-20-15-14(16)9-12(11-18-15)10-17-13-5-6-13/h9,11,13,17H,3-8,10H2,1-2H3. The van der Waals surface area contributed by atoms with E-state index in [9.17, 15) is 0 Å². The number of aromatic nitrogens is 1. The lowest BCUT2D eigenvalue weighted by Crippen LogP contribution is -2.28. The zero-order valence-electron chi connectivity index (χ0n) is 12.4. The van der Waals surface area contributed by atoms with Gasteiger partial charge in [0.15, 0.2) is 0 Å². The molecule has 112 valence electrons. The van der Waals surface area contributed by atoms with Crippen LogP contribution in [0.3, 0.4) is 0 Å². The van der Waals surface area contributed by atoms with Crippen molar-refractivity contribution in [1.29, 1.82) is 0 Å². The highest BCUT2D eigenvalue weighted by Gasteiger charge is 2.20. The summed E-state index contributed by atoms with van der Waals surface area (Å²) in [5.41, 5.74) is 1.11. The van der Waals surface area contributed by atoms with Crippen LogP contribution in [0.5, 0.6) is 5.88 Å². The zero-order chi connectivity index (χ0) is 14.4. The molecule has 0 aliphatic heterocycles. The summed E-state index contributed by atoms with van der Waals surface area (Å²) < 4.78 is 5.66. The predicted octanol–water partition coefficient (Wildman–Crippen LogP) is 2.71. The van der Waals surface area contributed by atoms with Crippen LogP contribution in [0.1, 0.15) is 32.3 Å². The van der Waals surface area contributed by atoms with E-state index in [-0.39, 0.29) is 0 Å². The van der Waals surface area contributed by atoms with Crippen molar-refractivity contribution >= 4 is 11.6 Å². The minimum Gasteiger partial charge on any atom is -0.475 e. The van der Waals surface area contributed by atoms with Crippen LogP contribution < -0.4 is 10.1 Å². The van der Waals surface area contributed by atoms with E-state index >= 15 is 0 Å². The molecule has 0 spiro atoms. The molecule has 1 aromatic rings. The second-order valence-electron chi connectivity index (χ2n) is 5.16. The molecule has 20 heavy (non-hydrogen) atoms. The number of hydrogen-bond donors (Lipinski definition) is 1. The topological polar surface area (TPSA) is 37.4 Å². The summed E-state index contributed by atoms with van der Waals surface area (Å²) in [5.74, 6) is 0.536. The third-order valence-corrected chi connectivity index (χ3v) is 3.85. The van der Waals surface area contributed by atoms with Crippen molar-refractivity contribution in [2.24, 2.45) is 0 Å². The lowest BCUT2D eigenvalue weighted by atomic mass is 10.3. The molecular formula is C15H24ClN3O. The van der Waals surface area contributed by atoms with Gasteiger partial charge in [-0.1, -0.05) is 25.4 Å². The maximum atomic E-state index is 6.21. The second kappa shape index (κ2) is 7.81. The van der Waals surface area contributed by atoms with Crippen LogP contribution in [-0.2, 0) is 6.54 Å². The molecule has 0 bridgehead atoms. The van der Waals surface area contributed by atoms with Gasteiger partial charge in [-0.25, -0.2) is 4.98 Å². The molecule has 0 saturated heterocycles. The van der Waals surface area contributed by atoms with E-state index in [0.29, 0.717) is 23.6 Å². The van der Waals surface area contributed by atoms with Crippen LogP contribution >= 0.6 is 11.6 Å². The molecule has 2 rings (SSSR count). The van der Waals surface area contributed by atoms with E-state index in [1.54, 1.807) is 0 Å². The Bertz CT molecular complexity index is 420. The van der Waals surface area contributed by atoms with Crippen molar-refractivity contribution in [3.8, 4) is 5.88 Å². The van der Waals surface area contributed by atoms with Crippen LogP contribution in [0.15, 0.2) is 12.3 Å². The molecule has 1 N–H and O–H groups in total. The van der Waals surface area contributed by atoms with E-state index in [1.807, 2.05) is 12.3 Å². The fourth-order valence-electron chi connectivity index (χ4n) is 2.03. The Morgan fingerprint density at radius 1 is 1.40 bits per heavy atom. The molecule has 0 aromatic carbocycles. The third-order valence-electron chi connectivity index (χ3n) is 3.58. The number of nitrogens with zero attached hydrogens (tertiary/aromatic N) is 2. The summed E-state index contributed by atoms with van der Waals surface area (Å²) in [7, 11) is 0. The summed E-state index contributed by atoms with van der Waals surface area (Å²) in [6.45, 7) is 8.72. The van der Waals surface area contributed by atoms with Gasteiger partial charge in [0, 0.05) is 25.3 Å². The van der Waals surface area contributed by atoms with E-state index in [2.05, 4.69) is 29.0 Å². The van der Waals surface area contributed by atoms with Crippen LogP contribution in [0.25, 0.3) is 0 Å². The normalized spacial score (nSPS) is 14.8. The number of hydrogen-bond acceptors (Lipinski definition) is 4. The van der Waals surface area contributed by atoms with E-state index in [0.717, 1.165) is 31.7 Å². The number of rotatable bonds is 9. The first-order valence-electron chi connectivity index (χ1n) is 7.45. The van der Waals surface area contributed by atoms with Crippen LogP contribution in [0.2, 0.25) is 5.02 Å². The van der Waals surface area contributed by atoms with Gasteiger partial charge in [-0.3, -0.25) is 0 Å². The van der Waals surface area contributed by atoms with Crippen molar-refractivity contribution in [3.05, 3.63) is 22.8 Å². The Hall–Kier alpha value is -0.840. The average Bonchev–Trinajstić information content (AvgIpc) is 3.27. The van der Waals surface area contributed by atoms with Gasteiger partial charge in [0.2, 0.25) is 5.88 Å². The van der Waals surface area contributed by atoms with Crippen molar-refractivity contribution in [2.75, 3.05) is 26.2 Å². The number of halogens is 1. The van der Waals surface area contributed by atoms with E-state index in [1.165, 1.54) is 12.8 Å². The second-order valence-corrected chi connectivity index (χ2v) is 5.57. The Morgan fingerprint density at radius 3 is 2.75 bits per heavy atom. The molecule has 4 nitrogen and oxygen atoms in total. The molecular weight excluding hydrogens is 274 g/mol. The average molecular weight is 298 g/mol. The van der Waals surface area contributed by atoms with Crippen LogP contribution in [0.4, 0.5) is 0 Å². The Labute approximate surface area is 126 Å². The fourth-order valence-corrected chi connectivity index (χ4v) is 2.27. The van der Waals surface area contributed by atoms with Crippen LogP contribution in [-0.4, -0.2) is 42.2 Å². The number of pyridine rings is 1. The van der Waals surface area contributed by atoms with Gasteiger partial charge in [-0.15, -0.1) is 0 Å². The SMILES string of the molecule is CCN(CC)CCOc1ncc(CNC2CC2)cc1Cl. The molecule has 1 aliphatic carbocycles. The summed E-state index contributed by atoms with van der Waals surface area (Å²) >= 11 is 6.21. The lowest BCUT2D eigenvalue weighted by molar-refractivity contribution is 0.218.